The Hall–Kier alpha value is -2.62. The van der Waals surface area contributed by atoms with Crippen molar-refractivity contribution in [1.29, 1.82) is 0 Å². The molecule has 0 fully saturated rings. The van der Waals surface area contributed by atoms with E-state index in [9.17, 15) is 9.59 Å². The number of carbonyl (C=O) groups excluding carboxylic acids is 2. The van der Waals surface area contributed by atoms with Crippen LogP contribution in [0.1, 0.15) is 22.8 Å². The Morgan fingerprint density at radius 3 is 2.45 bits per heavy atom. The standard InChI is InChI=1S/C16H16N2O2/c1-2-12-5-3-4-6-15(12)18-16(20)13-7-9-14(10-8-13)17-11-19/h3-11H,2H2,1H3,(H,17,19)(H,18,20). The largest absolute Gasteiger partial charge is 0.329 e. The molecule has 2 N–H and O–H groups in total. The fourth-order valence-corrected chi connectivity index (χ4v) is 1.93. The predicted molar refractivity (Wildman–Crippen MR) is 79.9 cm³/mol. The molecule has 0 saturated heterocycles. The molecule has 0 aliphatic carbocycles. The highest BCUT2D eigenvalue weighted by atomic mass is 16.1. The number of rotatable bonds is 5. The van der Waals surface area contributed by atoms with Crippen LogP contribution in [0.3, 0.4) is 0 Å². The van der Waals surface area contributed by atoms with E-state index in [4.69, 9.17) is 0 Å². The van der Waals surface area contributed by atoms with Gasteiger partial charge in [0, 0.05) is 16.9 Å². The SMILES string of the molecule is CCc1ccccc1NC(=O)c1ccc(NC=O)cc1. The highest BCUT2D eigenvalue weighted by Crippen LogP contribution is 2.17. The fourth-order valence-electron chi connectivity index (χ4n) is 1.93. The van der Waals surface area contributed by atoms with Crippen molar-refractivity contribution < 1.29 is 9.59 Å². The molecule has 0 atom stereocenters. The van der Waals surface area contributed by atoms with E-state index in [1.165, 1.54) is 0 Å². The van der Waals surface area contributed by atoms with Gasteiger partial charge in [-0.05, 0) is 42.3 Å². The molecule has 4 heteroatoms. The van der Waals surface area contributed by atoms with E-state index in [1.54, 1.807) is 24.3 Å². The van der Waals surface area contributed by atoms with Crippen molar-refractivity contribution in [1.82, 2.24) is 0 Å². The topological polar surface area (TPSA) is 58.2 Å². The predicted octanol–water partition coefficient (Wildman–Crippen LogP) is 3.07. The first-order valence-corrected chi connectivity index (χ1v) is 6.44. The molecule has 0 heterocycles. The average molecular weight is 268 g/mol. The molecule has 0 bridgehead atoms. The molecule has 2 aromatic carbocycles. The summed E-state index contributed by atoms with van der Waals surface area (Å²) in [5.74, 6) is -0.163. The van der Waals surface area contributed by atoms with Crippen LogP contribution in [0.25, 0.3) is 0 Å². The van der Waals surface area contributed by atoms with Crippen molar-refractivity contribution in [3.63, 3.8) is 0 Å². The van der Waals surface area contributed by atoms with Crippen molar-refractivity contribution in [3.05, 3.63) is 59.7 Å². The molecule has 2 amide bonds. The molecule has 4 nitrogen and oxygen atoms in total. The maximum Gasteiger partial charge on any atom is 0.255 e. The maximum atomic E-state index is 12.2. The van der Waals surface area contributed by atoms with E-state index in [0.29, 0.717) is 17.7 Å². The van der Waals surface area contributed by atoms with Gasteiger partial charge in [-0.25, -0.2) is 0 Å². The van der Waals surface area contributed by atoms with Gasteiger partial charge in [0.15, 0.2) is 0 Å². The third kappa shape index (κ3) is 3.23. The van der Waals surface area contributed by atoms with Gasteiger partial charge in [0.2, 0.25) is 6.41 Å². The first kappa shape index (κ1) is 13.8. The van der Waals surface area contributed by atoms with Crippen molar-refractivity contribution in [2.24, 2.45) is 0 Å². The Kier molecular flexibility index (Phi) is 4.50. The van der Waals surface area contributed by atoms with Crippen LogP contribution in [-0.2, 0) is 11.2 Å². The molecule has 0 radical (unpaired) electrons. The zero-order valence-electron chi connectivity index (χ0n) is 11.2. The molecular formula is C16H16N2O2. The van der Waals surface area contributed by atoms with E-state index in [1.807, 2.05) is 31.2 Å². The summed E-state index contributed by atoms with van der Waals surface area (Å²) in [5, 5.41) is 5.43. The molecule has 0 saturated carbocycles. The molecule has 20 heavy (non-hydrogen) atoms. The number of aryl methyl sites for hydroxylation is 1. The van der Waals surface area contributed by atoms with Crippen LogP contribution in [-0.4, -0.2) is 12.3 Å². The third-order valence-electron chi connectivity index (χ3n) is 3.02. The summed E-state index contributed by atoms with van der Waals surface area (Å²) in [6, 6.07) is 14.5. The fraction of sp³-hybridized carbons (Fsp3) is 0.125. The van der Waals surface area contributed by atoms with E-state index in [0.717, 1.165) is 17.7 Å². The molecule has 0 aliphatic rings. The van der Waals surface area contributed by atoms with Crippen LogP contribution in [0.2, 0.25) is 0 Å². The van der Waals surface area contributed by atoms with E-state index in [-0.39, 0.29) is 5.91 Å². The number of anilines is 2. The van der Waals surface area contributed by atoms with Gasteiger partial charge in [-0.15, -0.1) is 0 Å². The second-order valence-corrected chi connectivity index (χ2v) is 4.30. The van der Waals surface area contributed by atoms with Crippen LogP contribution in [0.4, 0.5) is 11.4 Å². The zero-order chi connectivity index (χ0) is 14.4. The number of benzene rings is 2. The number of hydrogen-bond donors (Lipinski definition) is 2. The molecule has 2 rings (SSSR count). The molecule has 0 aliphatic heterocycles. The van der Waals surface area contributed by atoms with Crippen LogP contribution in [0, 0.1) is 0 Å². The smallest absolute Gasteiger partial charge is 0.255 e. The van der Waals surface area contributed by atoms with Gasteiger partial charge in [-0.1, -0.05) is 25.1 Å². The minimum atomic E-state index is -0.163. The minimum Gasteiger partial charge on any atom is -0.329 e. The van der Waals surface area contributed by atoms with Crippen molar-refractivity contribution in [2.75, 3.05) is 10.6 Å². The minimum absolute atomic E-state index is 0.163. The molecular weight excluding hydrogens is 252 g/mol. The van der Waals surface area contributed by atoms with Crippen LogP contribution in [0.15, 0.2) is 48.5 Å². The van der Waals surface area contributed by atoms with Gasteiger partial charge in [0.1, 0.15) is 0 Å². The summed E-state index contributed by atoms with van der Waals surface area (Å²) in [5.41, 5.74) is 3.13. The van der Waals surface area contributed by atoms with Gasteiger partial charge >= 0.3 is 0 Å². The summed E-state index contributed by atoms with van der Waals surface area (Å²) in [6.45, 7) is 2.05. The zero-order valence-corrected chi connectivity index (χ0v) is 11.2. The van der Waals surface area contributed by atoms with Gasteiger partial charge in [-0.3, -0.25) is 9.59 Å². The first-order chi connectivity index (χ1) is 9.74. The van der Waals surface area contributed by atoms with Crippen LogP contribution >= 0.6 is 0 Å². The summed E-state index contributed by atoms with van der Waals surface area (Å²) < 4.78 is 0. The lowest BCUT2D eigenvalue weighted by Crippen LogP contribution is -2.13. The summed E-state index contributed by atoms with van der Waals surface area (Å²) in [6.07, 6.45) is 1.46. The Balaban J connectivity index is 2.13. The Labute approximate surface area is 117 Å². The van der Waals surface area contributed by atoms with Crippen molar-refractivity contribution >= 4 is 23.7 Å². The Bertz CT molecular complexity index is 606. The van der Waals surface area contributed by atoms with Crippen LogP contribution < -0.4 is 10.6 Å². The number of carbonyl (C=O) groups is 2. The third-order valence-corrected chi connectivity index (χ3v) is 3.02. The van der Waals surface area contributed by atoms with Crippen molar-refractivity contribution in [2.45, 2.75) is 13.3 Å². The Morgan fingerprint density at radius 2 is 1.80 bits per heavy atom. The number of para-hydroxylation sites is 1. The second-order valence-electron chi connectivity index (χ2n) is 4.30. The highest BCUT2D eigenvalue weighted by Gasteiger charge is 2.08. The maximum absolute atomic E-state index is 12.2. The van der Waals surface area contributed by atoms with Gasteiger partial charge in [0.05, 0.1) is 0 Å². The van der Waals surface area contributed by atoms with E-state index < -0.39 is 0 Å². The second kappa shape index (κ2) is 6.52. The monoisotopic (exact) mass is 268 g/mol. The lowest BCUT2D eigenvalue weighted by atomic mass is 10.1. The van der Waals surface area contributed by atoms with E-state index >= 15 is 0 Å². The van der Waals surface area contributed by atoms with E-state index in [2.05, 4.69) is 10.6 Å². The quantitative estimate of drug-likeness (QED) is 0.819. The number of nitrogens with one attached hydrogen (secondary N) is 2. The lowest BCUT2D eigenvalue weighted by Gasteiger charge is -2.10. The van der Waals surface area contributed by atoms with Gasteiger partial charge in [0.25, 0.3) is 5.91 Å². The van der Waals surface area contributed by atoms with Crippen molar-refractivity contribution in [3.8, 4) is 0 Å². The highest BCUT2D eigenvalue weighted by molar-refractivity contribution is 6.04. The first-order valence-electron chi connectivity index (χ1n) is 6.44. The molecule has 2 aromatic rings. The summed E-state index contributed by atoms with van der Waals surface area (Å²) >= 11 is 0. The van der Waals surface area contributed by atoms with Gasteiger partial charge in [-0.2, -0.15) is 0 Å². The molecule has 102 valence electrons. The molecule has 0 unspecified atom stereocenters. The van der Waals surface area contributed by atoms with Gasteiger partial charge < -0.3 is 10.6 Å². The number of amides is 2. The number of hydrogen-bond acceptors (Lipinski definition) is 2. The molecule has 0 aromatic heterocycles. The molecule has 0 spiro atoms. The summed E-state index contributed by atoms with van der Waals surface area (Å²) in [4.78, 5) is 22.5. The average Bonchev–Trinajstić information content (AvgIpc) is 2.49. The Morgan fingerprint density at radius 1 is 1.10 bits per heavy atom. The normalized spacial score (nSPS) is 9.85. The summed E-state index contributed by atoms with van der Waals surface area (Å²) in [7, 11) is 0. The lowest BCUT2D eigenvalue weighted by molar-refractivity contribution is -0.105. The van der Waals surface area contributed by atoms with Crippen LogP contribution in [0.5, 0.6) is 0 Å².